The van der Waals surface area contributed by atoms with E-state index >= 15 is 0 Å². The maximum atomic E-state index is 10.8. The number of nitrogens with one attached hydrogen (secondary N) is 1. The summed E-state index contributed by atoms with van der Waals surface area (Å²) in [6, 6.07) is 3.60. The van der Waals surface area contributed by atoms with Crippen LogP contribution in [0, 0.1) is 12.8 Å². The van der Waals surface area contributed by atoms with Crippen LogP contribution in [0.2, 0.25) is 0 Å². The Labute approximate surface area is 95.7 Å². The Morgan fingerprint density at radius 3 is 2.44 bits per heavy atom. The summed E-state index contributed by atoms with van der Waals surface area (Å²) < 4.78 is 0. The van der Waals surface area contributed by atoms with Gasteiger partial charge >= 0.3 is 5.97 Å². The van der Waals surface area contributed by atoms with E-state index in [0.29, 0.717) is 17.7 Å². The predicted octanol–water partition coefficient (Wildman–Crippen LogP) is 2.54. The number of aryl methyl sites for hydroxylation is 1. The van der Waals surface area contributed by atoms with Crippen LogP contribution in [-0.4, -0.2) is 22.1 Å². The summed E-state index contributed by atoms with van der Waals surface area (Å²) in [7, 11) is 0. The lowest BCUT2D eigenvalue weighted by Gasteiger charge is -2.18. The molecule has 0 bridgehead atoms. The van der Waals surface area contributed by atoms with Crippen LogP contribution in [0.3, 0.4) is 0 Å². The van der Waals surface area contributed by atoms with E-state index in [1.165, 1.54) is 0 Å². The average Bonchev–Trinajstić information content (AvgIpc) is 2.16. The fourth-order valence-corrected chi connectivity index (χ4v) is 1.27. The van der Waals surface area contributed by atoms with Crippen molar-refractivity contribution in [3.63, 3.8) is 0 Å². The van der Waals surface area contributed by atoms with Crippen LogP contribution in [0.5, 0.6) is 0 Å². The molecule has 0 saturated heterocycles. The van der Waals surface area contributed by atoms with Gasteiger partial charge in [0.2, 0.25) is 0 Å². The third-order valence-electron chi connectivity index (χ3n) is 2.69. The molecule has 0 aromatic carbocycles. The van der Waals surface area contributed by atoms with Crippen molar-refractivity contribution in [1.29, 1.82) is 0 Å². The van der Waals surface area contributed by atoms with Crippen molar-refractivity contribution in [3.05, 3.63) is 23.4 Å². The van der Waals surface area contributed by atoms with E-state index < -0.39 is 5.97 Å². The van der Waals surface area contributed by atoms with E-state index in [1.54, 1.807) is 19.1 Å². The summed E-state index contributed by atoms with van der Waals surface area (Å²) in [5.41, 5.74) is 0.788. The molecule has 0 aliphatic carbocycles. The normalized spacial score (nSPS) is 12.6. The molecule has 1 unspecified atom stereocenters. The van der Waals surface area contributed by atoms with Crippen molar-refractivity contribution in [3.8, 4) is 0 Å². The molecule has 4 nitrogen and oxygen atoms in total. The summed E-state index contributed by atoms with van der Waals surface area (Å²) in [5, 5.41) is 12.1. The second-order valence-electron chi connectivity index (χ2n) is 4.31. The molecule has 1 aromatic heterocycles. The van der Waals surface area contributed by atoms with Gasteiger partial charge in [0.1, 0.15) is 5.82 Å². The molecule has 0 aliphatic rings. The summed E-state index contributed by atoms with van der Waals surface area (Å²) >= 11 is 0. The number of carboxylic acids is 1. The lowest BCUT2D eigenvalue weighted by Crippen LogP contribution is -2.22. The van der Waals surface area contributed by atoms with Gasteiger partial charge in [0.25, 0.3) is 0 Å². The van der Waals surface area contributed by atoms with Gasteiger partial charge < -0.3 is 10.4 Å². The first kappa shape index (κ1) is 12.5. The van der Waals surface area contributed by atoms with Crippen molar-refractivity contribution in [2.75, 3.05) is 5.32 Å². The van der Waals surface area contributed by atoms with Crippen LogP contribution < -0.4 is 5.32 Å². The number of carbonyl (C=O) groups is 1. The Hall–Kier alpha value is -1.58. The minimum Gasteiger partial charge on any atom is -0.478 e. The zero-order chi connectivity index (χ0) is 12.3. The fraction of sp³-hybridized carbons (Fsp3) is 0.500. The Bertz CT molecular complexity index is 389. The molecule has 0 aliphatic heterocycles. The van der Waals surface area contributed by atoms with E-state index in [-0.39, 0.29) is 5.56 Å². The third-order valence-corrected chi connectivity index (χ3v) is 2.69. The number of carboxylic acid groups (broad SMARTS) is 1. The summed E-state index contributed by atoms with van der Waals surface area (Å²) in [6.45, 7) is 8.02. The molecule has 4 heteroatoms. The van der Waals surface area contributed by atoms with E-state index in [1.807, 2.05) is 0 Å². The quantitative estimate of drug-likeness (QED) is 0.821. The number of hydrogen-bond acceptors (Lipinski definition) is 3. The molecule has 0 fully saturated rings. The third kappa shape index (κ3) is 2.95. The molecular formula is C12H18N2O2. The largest absolute Gasteiger partial charge is 0.478 e. The summed E-state index contributed by atoms with van der Waals surface area (Å²) in [4.78, 5) is 15.0. The minimum absolute atomic E-state index is 0.253. The number of nitrogens with zero attached hydrogens (tertiary/aromatic N) is 1. The van der Waals surface area contributed by atoms with E-state index in [0.717, 1.165) is 5.82 Å². The predicted molar refractivity (Wildman–Crippen MR) is 63.9 cm³/mol. The molecule has 1 heterocycles. The molecule has 1 atom stereocenters. The van der Waals surface area contributed by atoms with Crippen LogP contribution in [0.15, 0.2) is 12.1 Å². The zero-order valence-corrected chi connectivity index (χ0v) is 10.1. The molecule has 0 saturated carbocycles. The van der Waals surface area contributed by atoms with Crippen LogP contribution in [0.25, 0.3) is 0 Å². The summed E-state index contributed by atoms with van der Waals surface area (Å²) in [6.07, 6.45) is 0. The molecular weight excluding hydrogens is 204 g/mol. The van der Waals surface area contributed by atoms with Gasteiger partial charge in [0, 0.05) is 6.04 Å². The SMILES string of the molecule is Cc1nc(NC(C)C(C)C)ccc1C(=O)O. The number of anilines is 1. The lowest BCUT2D eigenvalue weighted by molar-refractivity contribution is 0.0695. The van der Waals surface area contributed by atoms with Crippen LogP contribution in [0.1, 0.15) is 36.8 Å². The average molecular weight is 222 g/mol. The first-order valence-electron chi connectivity index (χ1n) is 5.39. The number of pyridine rings is 1. The molecule has 88 valence electrons. The Morgan fingerprint density at radius 1 is 1.38 bits per heavy atom. The smallest absolute Gasteiger partial charge is 0.337 e. The van der Waals surface area contributed by atoms with Crippen LogP contribution in [-0.2, 0) is 0 Å². The zero-order valence-electron chi connectivity index (χ0n) is 10.1. The molecule has 1 aromatic rings. The van der Waals surface area contributed by atoms with Gasteiger partial charge in [-0.3, -0.25) is 0 Å². The van der Waals surface area contributed by atoms with Crippen molar-refractivity contribution < 1.29 is 9.90 Å². The fourth-order valence-electron chi connectivity index (χ4n) is 1.27. The van der Waals surface area contributed by atoms with Crippen LogP contribution in [0.4, 0.5) is 5.82 Å². The second kappa shape index (κ2) is 4.96. The van der Waals surface area contributed by atoms with E-state index in [2.05, 4.69) is 31.1 Å². The molecule has 0 spiro atoms. The number of rotatable bonds is 4. The molecule has 2 N–H and O–H groups in total. The summed E-state index contributed by atoms with van der Waals surface area (Å²) in [5.74, 6) is 0.290. The highest BCUT2D eigenvalue weighted by molar-refractivity contribution is 5.89. The number of aromatic carboxylic acids is 1. The Morgan fingerprint density at radius 2 is 2.00 bits per heavy atom. The molecule has 1 rings (SSSR count). The molecule has 0 amide bonds. The van der Waals surface area contributed by atoms with E-state index in [9.17, 15) is 4.79 Å². The standard InChI is InChI=1S/C12H18N2O2/c1-7(2)8(3)13-11-6-5-10(12(15)16)9(4)14-11/h5-8H,1-4H3,(H,13,14)(H,15,16). The highest BCUT2D eigenvalue weighted by atomic mass is 16.4. The van der Waals surface area contributed by atoms with Crippen molar-refractivity contribution in [2.45, 2.75) is 33.7 Å². The van der Waals surface area contributed by atoms with Gasteiger partial charge in [0.15, 0.2) is 0 Å². The van der Waals surface area contributed by atoms with Gasteiger partial charge in [-0.15, -0.1) is 0 Å². The first-order chi connectivity index (χ1) is 7.41. The van der Waals surface area contributed by atoms with Gasteiger partial charge in [-0.1, -0.05) is 13.8 Å². The van der Waals surface area contributed by atoms with Crippen LogP contribution >= 0.6 is 0 Å². The first-order valence-corrected chi connectivity index (χ1v) is 5.39. The minimum atomic E-state index is -0.937. The van der Waals surface area contributed by atoms with E-state index in [4.69, 9.17) is 5.11 Å². The maximum Gasteiger partial charge on any atom is 0.337 e. The van der Waals surface area contributed by atoms with Crippen molar-refractivity contribution in [1.82, 2.24) is 4.98 Å². The van der Waals surface area contributed by atoms with Gasteiger partial charge in [-0.25, -0.2) is 9.78 Å². The van der Waals surface area contributed by atoms with Gasteiger partial charge in [-0.2, -0.15) is 0 Å². The number of aromatic nitrogens is 1. The highest BCUT2D eigenvalue weighted by Crippen LogP contribution is 2.13. The Kier molecular flexibility index (Phi) is 3.88. The maximum absolute atomic E-state index is 10.8. The highest BCUT2D eigenvalue weighted by Gasteiger charge is 2.11. The van der Waals surface area contributed by atoms with Crippen molar-refractivity contribution >= 4 is 11.8 Å². The van der Waals surface area contributed by atoms with Gasteiger partial charge in [0.05, 0.1) is 11.3 Å². The van der Waals surface area contributed by atoms with Crippen molar-refractivity contribution in [2.24, 2.45) is 5.92 Å². The topological polar surface area (TPSA) is 62.2 Å². The molecule has 0 radical (unpaired) electrons. The lowest BCUT2D eigenvalue weighted by atomic mass is 10.1. The Balaban J connectivity index is 2.85. The number of hydrogen-bond donors (Lipinski definition) is 2. The molecule has 16 heavy (non-hydrogen) atoms. The monoisotopic (exact) mass is 222 g/mol. The second-order valence-corrected chi connectivity index (χ2v) is 4.31. The van der Waals surface area contributed by atoms with Gasteiger partial charge in [-0.05, 0) is 31.9 Å².